The maximum Gasteiger partial charge on any atom is 0.329 e. The lowest BCUT2D eigenvalue weighted by molar-refractivity contribution is -0.148. The first kappa shape index (κ1) is 15.6. The number of rotatable bonds is 3. The normalized spacial score (nSPS) is 17.0. The van der Waals surface area contributed by atoms with E-state index in [-0.39, 0.29) is 12.8 Å². The van der Waals surface area contributed by atoms with E-state index in [1.807, 2.05) is 6.92 Å². The smallest absolute Gasteiger partial charge is 0.329 e. The molecule has 1 aromatic carbocycles. The van der Waals surface area contributed by atoms with Crippen molar-refractivity contribution in [3.8, 4) is 0 Å². The number of ether oxygens (including phenoxy) is 1. The van der Waals surface area contributed by atoms with Gasteiger partial charge < -0.3 is 20.5 Å². The Bertz CT molecular complexity index is 556. The van der Waals surface area contributed by atoms with Gasteiger partial charge in [-0.1, -0.05) is 17.7 Å². The number of halogens is 1. The molecule has 2 rings (SSSR count). The first-order valence-corrected chi connectivity index (χ1v) is 6.97. The molecule has 0 aliphatic carbocycles. The lowest BCUT2D eigenvalue weighted by Crippen LogP contribution is -2.58. The number of carboxylic acids is 1. The molecule has 1 aliphatic heterocycles. The van der Waals surface area contributed by atoms with Gasteiger partial charge in [-0.25, -0.2) is 9.59 Å². The van der Waals surface area contributed by atoms with Crippen molar-refractivity contribution in [3.05, 3.63) is 28.8 Å². The molecule has 1 saturated heterocycles. The fourth-order valence-electron chi connectivity index (χ4n) is 2.16. The van der Waals surface area contributed by atoms with Crippen LogP contribution in [0.4, 0.5) is 10.5 Å². The molecule has 21 heavy (non-hydrogen) atoms. The van der Waals surface area contributed by atoms with E-state index < -0.39 is 17.5 Å². The van der Waals surface area contributed by atoms with Crippen molar-refractivity contribution in [2.45, 2.75) is 25.3 Å². The summed E-state index contributed by atoms with van der Waals surface area (Å²) in [5.74, 6) is -1.05. The number of anilines is 1. The van der Waals surface area contributed by atoms with E-state index in [0.717, 1.165) is 5.56 Å². The van der Waals surface area contributed by atoms with Crippen molar-refractivity contribution in [2.24, 2.45) is 0 Å². The van der Waals surface area contributed by atoms with Gasteiger partial charge in [0.2, 0.25) is 0 Å². The third kappa shape index (κ3) is 3.65. The summed E-state index contributed by atoms with van der Waals surface area (Å²) >= 11 is 5.98. The number of urea groups is 1. The molecule has 1 heterocycles. The highest BCUT2D eigenvalue weighted by Gasteiger charge is 2.41. The van der Waals surface area contributed by atoms with Crippen molar-refractivity contribution >= 4 is 29.3 Å². The predicted octanol–water partition coefficient (Wildman–Crippen LogP) is 2.40. The average molecular weight is 313 g/mol. The highest BCUT2D eigenvalue weighted by Crippen LogP contribution is 2.23. The lowest BCUT2D eigenvalue weighted by atomic mass is 9.90. The zero-order valence-electron chi connectivity index (χ0n) is 11.6. The highest BCUT2D eigenvalue weighted by atomic mass is 35.5. The number of carbonyl (C=O) groups is 2. The largest absolute Gasteiger partial charge is 0.480 e. The minimum Gasteiger partial charge on any atom is -0.480 e. The van der Waals surface area contributed by atoms with E-state index >= 15 is 0 Å². The van der Waals surface area contributed by atoms with Crippen LogP contribution in [0.1, 0.15) is 18.4 Å². The number of benzene rings is 1. The second-order valence-electron chi connectivity index (χ2n) is 5.04. The van der Waals surface area contributed by atoms with Gasteiger partial charge in [0.1, 0.15) is 5.54 Å². The van der Waals surface area contributed by atoms with Crippen LogP contribution < -0.4 is 10.6 Å². The molecule has 0 saturated carbocycles. The predicted molar refractivity (Wildman–Crippen MR) is 78.8 cm³/mol. The molecule has 0 aromatic heterocycles. The summed E-state index contributed by atoms with van der Waals surface area (Å²) in [5, 5.41) is 15.0. The van der Waals surface area contributed by atoms with E-state index in [0.29, 0.717) is 23.9 Å². The Kier molecular flexibility index (Phi) is 4.69. The molecule has 7 heteroatoms. The van der Waals surface area contributed by atoms with Crippen LogP contribution in [0.5, 0.6) is 0 Å². The fraction of sp³-hybridized carbons (Fsp3) is 0.429. The van der Waals surface area contributed by atoms with Crippen LogP contribution in [0.2, 0.25) is 5.02 Å². The third-order valence-electron chi connectivity index (χ3n) is 3.54. The number of amides is 2. The number of hydrogen-bond acceptors (Lipinski definition) is 3. The second-order valence-corrected chi connectivity index (χ2v) is 5.45. The first-order chi connectivity index (χ1) is 9.93. The van der Waals surface area contributed by atoms with Gasteiger partial charge in [-0.15, -0.1) is 0 Å². The van der Waals surface area contributed by atoms with E-state index in [1.54, 1.807) is 18.2 Å². The summed E-state index contributed by atoms with van der Waals surface area (Å²) < 4.78 is 5.15. The molecule has 0 bridgehead atoms. The van der Waals surface area contributed by atoms with Crippen molar-refractivity contribution in [1.82, 2.24) is 5.32 Å². The van der Waals surface area contributed by atoms with Crippen LogP contribution in [0, 0.1) is 6.92 Å². The van der Waals surface area contributed by atoms with Gasteiger partial charge in [0, 0.05) is 36.8 Å². The summed E-state index contributed by atoms with van der Waals surface area (Å²) in [6.07, 6.45) is 0.481. The zero-order chi connectivity index (χ0) is 15.5. The van der Waals surface area contributed by atoms with Crippen molar-refractivity contribution in [3.63, 3.8) is 0 Å². The van der Waals surface area contributed by atoms with E-state index in [4.69, 9.17) is 16.3 Å². The molecule has 0 atom stereocenters. The molecule has 0 radical (unpaired) electrons. The Morgan fingerprint density at radius 3 is 2.57 bits per heavy atom. The Labute approximate surface area is 127 Å². The Hall–Kier alpha value is -1.79. The number of nitrogens with one attached hydrogen (secondary N) is 2. The molecule has 0 unspecified atom stereocenters. The number of aryl methyl sites for hydroxylation is 1. The number of carbonyl (C=O) groups excluding carboxylic acids is 1. The summed E-state index contributed by atoms with van der Waals surface area (Å²) in [7, 11) is 0. The van der Waals surface area contributed by atoms with Gasteiger partial charge in [0.05, 0.1) is 0 Å². The highest BCUT2D eigenvalue weighted by molar-refractivity contribution is 6.31. The molecule has 1 aliphatic rings. The molecule has 2 amide bonds. The Balaban J connectivity index is 2.05. The first-order valence-electron chi connectivity index (χ1n) is 6.59. The van der Waals surface area contributed by atoms with Gasteiger partial charge in [0.15, 0.2) is 0 Å². The van der Waals surface area contributed by atoms with Gasteiger partial charge in [-0.05, 0) is 24.6 Å². The minimum absolute atomic E-state index is 0.240. The van der Waals surface area contributed by atoms with Crippen LogP contribution in [0.25, 0.3) is 0 Å². The minimum atomic E-state index is -1.28. The van der Waals surface area contributed by atoms with Crippen LogP contribution in [-0.2, 0) is 9.53 Å². The van der Waals surface area contributed by atoms with Crippen LogP contribution in [0.3, 0.4) is 0 Å². The van der Waals surface area contributed by atoms with Crippen molar-refractivity contribution in [1.29, 1.82) is 0 Å². The van der Waals surface area contributed by atoms with Crippen molar-refractivity contribution in [2.75, 3.05) is 18.5 Å². The van der Waals surface area contributed by atoms with Crippen LogP contribution in [0.15, 0.2) is 18.2 Å². The third-order valence-corrected chi connectivity index (χ3v) is 3.95. The zero-order valence-corrected chi connectivity index (χ0v) is 12.4. The monoisotopic (exact) mass is 312 g/mol. The summed E-state index contributed by atoms with van der Waals surface area (Å²) in [5.41, 5.74) is 0.126. The topological polar surface area (TPSA) is 87.7 Å². The fourth-order valence-corrected chi connectivity index (χ4v) is 2.34. The molecule has 3 N–H and O–H groups in total. The standard InChI is InChI=1S/C14H17ClN2O4/c1-9-2-3-10(8-11(9)15)16-13(20)17-14(12(18)19)4-6-21-7-5-14/h2-3,8H,4-7H2,1H3,(H,18,19)(H2,16,17,20). The second kappa shape index (κ2) is 6.32. The number of carboxylic acid groups (broad SMARTS) is 1. The molecule has 6 nitrogen and oxygen atoms in total. The lowest BCUT2D eigenvalue weighted by Gasteiger charge is -2.33. The average Bonchev–Trinajstić information content (AvgIpc) is 2.43. The van der Waals surface area contributed by atoms with Gasteiger partial charge in [-0.3, -0.25) is 0 Å². The van der Waals surface area contributed by atoms with E-state index in [9.17, 15) is 14.7 Å². The van der Waals surface area contributed by atoms with Gasteiger partial charge in [0.25, 0.3) is 0 Å². The summed E-state index contributed by atoms with van der Waals surface area (Å²) in [4.78, 5) is 23.5. The maximum absolute atomic E-state index is 12.0. The van der Waals surface area contributed by atoms with Gasteiger partial charge >= 0.3 is 12.0 Å². The summed E-state index contributed by atoms with van der Waals surface area (Å²) in [6, 6.07) is 4.53. The van der Waals surface area contributed by atoms with Gasteiger partial charge in [-0.2, -0.15) is 0 Å². The SMILES string of the molecule is Cc1ccc(NC(=O)NC2(C(=O)O)CCOCC2)cc1Cl. The quantitative estimate of drug-likeness (QED) is 0.799. The molecular formula is C14H17ClN2O4. The number of hydrogen-bond donors (Lipinski definition) is 3. The molecule has 0 spiro atoms. The molecule has 1 fully saturated rings. The Morgan fingerprint density at radius 1 is 1.33 bits per heavy atom. The summed E-state index contributed by atoms with van der Waals surface area (Å²) in [6.45, 7) is 2.47. The number of aliphatic carboxylic acids is 1. The van der Waals surface area contributed by atoms with E-state index in [1.165, 1.54) is 0 Å². The van der Waals surface area contributed by atoms with E-state index in [2.05, 4.69) is 10.6 Å². The van der Waals surface area contributed by atoms with Crippen molar-refractivity contribution < 1.29 is 19.4 Å². The molecule has 1 aromatic rings. The molecular weight excluding hydrogens is 296 g/mol. The van der Waals surface area contributed by atoms with Crippen LogP contribution >= 0.6 is 11.6 Å². The molecule has 114 valence electrons. The van der Waals surface area contributed by atoms with Crippen LogP contribution in [-0.4, -0.2) is 35.9 Å². The maximum atomic E-state index is 12.0. The Morgan fingerprint density at radius 2 is 2.00 bits per heavy atom.